The number of nitrogens with one attached hydrogen (secondary N) is 1. The van der Waals surface area contributed by atoms with Crippen LogP contribution in [0, 0.1) is 25.5 Å². The van der Waals surface area contributed by atoms with Gasteiger partial charge in [-0.2, -0.15) is 16.8 Å². The highest BCUT2D eigenvalue weighted by molar-refractivity contribution is 7.51. The van der Waals surface area contributed by atoms with Crippen molar-refractivity contribution in [3.05, 3.63) is 119 Å². The number of aliphatic hydroxyl groups excluding tert-OH is 2. The molecular weight excluding hydrogens is 755 g/mol. The molecule has 4 aromatic rings. The Hall–Kier alpha value is -4.80. The molecule has 0 radical (unpaired) electrons. The zero-order chi connectivity index (χ0) is 40.9. The Kier molecular flexibility index (Phi) is 20.7. The van der Waals surface area contributed by atoms with Gasteiger partial charge in [0.15, 0.2) is 0 Å². The van der Waals surface area contributed by atoms with Gasteiger partial charge in [0.2, 0.25) is 0 Å². The molecule has 2 fully saturated rings. The first-order chi connectivity index (χ1) is 26.2. The number of aryl methyl sites for hydroxylation is 2. The summed E-state index contributed by atoms with van der Waals surface area (Å²) in [5.41, 5.74) is 10.8. The molecule has 6 N–H and O–H groups in total. The number of halogens is 2. The molecule has 0 saturated heterocycles. The van der Waals surface area contributed by atoms with Crippen molar-refractivity contribution in [3.8, 4) is 22.3 Å². The van der Waals surface area contributed by atoms with E-state index in [9.17, 15) is 23.5 Å². The molecule has 296 valence electrons. The highest BCUT2D eigenvalue weighted by atomic mass is 32.1. The van der Waals surface area contributed by atoms with Crippen molar-refractivity contribution in [2.75, 3.05) is 0 Å². The summed E-state index contributed by atoms with van der Waals surface area (Å²) in [4.78, 5) is 23.0. The Morgan fingerprint density at radius 3 is 1.29 bits per heavy atom. The molecule has 0 atom stereocenters. The summed E-state index contributed by atoms with van der Waals surface area (Å²) in [6, 6.07) is 24.7. The SMILES string of the molecule is Cc1ccc(-c2ccc(C(=O)NC3CCC(O)CC3)c(F)c2)cc1.Cc1ccc(-c2ccc(C(=O)O)c(F)c2)cc1.NC1CCC(O)CC1.O=S=O.O=S=O. The lowest BCUT2D eigenvalue weighted by atomic mass is 9.93. The van der Waals surface area contributed by atoms with Crippen LogP contribution in [0.2, 0.25) is 0 Å². The highest BCUT2D eigenvalue weighted by Crippen LogP contribution is 2.25. The zero-order valence-electron chi connectivity index (χ0n) is 30.5. The van der Waals surface area contributed by atoms with E-state index in [0.717, 1.165) is 66.3 Å². The summed E-state index contributed by atoms with van der Waals surface area (Å²) in [5, 5.41) is 30.1. The predicted molar refractivity (Wildman–Crippen MR) is 206 cm³/mol. The molecule has 1 amide bonds. The van der Waals surface area contributed by atoms with Crippen LogP contribution in [0.25, 0.3) is 22.3 Å². The van der Waals surface area contributed by atoms with E-state index in [1.54, 1.807) is 12.1 Å². The van der Waals surface area contributed by atoms with Gasteiger partial charge >= 0.3 is 29.1 Å². The lowest BCUT2D eigenvalue weighted by molar-refractivity contribution is 0.0691. The van der Waals surface area contributed by atoms with Crippen LogP contribution in [0.5, 0.6) is 0 Å². The number of aliphatic hydroxyl groups is 2. The molecule has 0 aliphatic heterocycles. The van der Waals surface area contributed by atoms with Crippen molar-refractivity contribution in [2.45, 2.75) is 89.5 Å². The molecule has 4 aromatic carbocycles. The Morgan fingerprint density at radius 1 is 0.600 bits per heavy atom. The molecule has 0 spiro atoms. The molecule has 2 saturated carbocycles. The molecule has 11 nitrogen and oxygen atoms in total. The largest absolute Gasteiger partial charge is 0.478 e. The zero-order valence-corrected chi connectivity index (χ0v) is 32.1. The fraction of sp³-hybridized carbons (Fsp3) is 0.350. The summed E-state index contributed by atoms with van der Waals surface area (Å²) in [7, 11) is 0. The minimum atomic E-state index is -1.25. The van der Waals surface area contributed by atoms with Gasteiger partial charge in [0, 0.05) is 12.1 Å². The number of carboxylic acids is 1. The van der Waals surface area contributed by atoms with Gasteiger partial charge < -0.3 is 26.4 Å². The third-order valence-corrected chi connectivity index (χ3v) is 8.96. The summed E-state index contributed by atoms with van der Waals surface area (Å²) in [5.74, 6) is -2.86. The number of hydrogen-bond acceptors (Lipinski definition) is 9. The number of benzene rings is 4. The number of aromatic carboxylic acids is 1. The van der Waals surface area contributed by atoms with E-state index in [1.807, 2.05) is 62.4 Å². The monoisotopic (exact) mass is 800 g/mol. The maximum Gasteiger partial charge on any atom is 0.338 e. The number of carboxylic acid groups (broad SMARTS) is 1. The van der Waals surface area contributed by atoms with Crippen molar-refractivity contribution >= 4 is 35.0 Å². The number of rotatable bonds is 5. The second-order valence-electron chi connectivity index (χ2n) is 13.1. The third kappa shape index (κ3) is 16.6. The molecule has 0 unspecified atom stereocenters. The van der Waals surface area contributed by atoms with Crippen molar-refractivity contribution in [2.24, 2.45) is 5.73 Å². The van der Waals surface area contributed by atoms with Gasteiger partial charge in [-0.25, -0.2) is 13.6 Å². The van der Waals surface area contributed by atoms with E-state index in [0.29, 0.717) is 24.4 Å². The first kappa shape index (κ1) is 46.4. The van der Waals surface area contributed by atoms with Crippen LogP contribution in [0.1, 0.15) is 83.2 Å². The number of carbonyl (C=O) groups excluding carboxylic acids is 1. The molecule has 6 rings (SSSR count). The van der Waals surface area contributed by atoms with Crippen LogP contribution in [0.3, 0.4) is 0 Å². The Balaban J connectivity index is 0.000000291. The fourth-order valence-electron chi connectivity index (χ4n) is 5.82. The molecule has 0 aromatic heterocycles. The van der Waals surface area contributed by atoms with Crippen molar-refractivity contribution < 1.29 is 50.5 Å². The number of carbonyl (C=O) groups is 2. The highest BCUT2D eigenvalue weighted by Gasteiger charge is 2.22. The van der Waals surface area contributed by atoms with Gasteiger partial charge in [0.05, 0.1) is 23.3 Å². The minimum absolute atomic E-state index is 0.0112. The van der Waals surface area contributed by atoms with Gasteiger partial charge in [0.25, 0.3) is 5.91 Å². The van der Waals surface area contributed by atoms with Crippen LogP contribution in [-0.4, -0.2) is 68.3 Å². The summed E-state index contributed by atoms with van der Waals surface area (Å²) >= 11 is -1.50. The van der Waals surface area contributed by atoms with E-state index >= 15 is 0 Å². The first-order valence-electron chi connectivity index (χ1n) is 17.4. The van der Waals surface area contributed by atoms with E-state index < -0.39 is 40.7 Å². The molecule has 55 heavy (non-hydrogen) atoms. The van der Waals surface area contributed by atoms with Crippen molar-refractivity contribution in [1.82, 2.24) is 5.32 Å². The summed E-state index contributed by atoms with van der Waals surface area (Å²) in [6.45, 7) is 3.97. The Morgan fingerprint density at radius 2 is 0.945 bits per heavy atom. The summed E-state index contributed by atoms with van der Waals surface area (Å²) < 4.78 is 61.0. The van der Waals surface area contributed by atoms with E-state index in [2.05, 4.69) is 5.32 Å². The van der Waals surface area contributed by atoms with Gasteiger partial charge in [0.1, 0.15) is 11.6 Å². The van der Waals surface area contributed by atoms with E-state index in [4.69, 9.17) is 32.8 Å². The maximum absolute atomic E-state index is 14.4. The normalized spacial score (nSPS) is 18.4. The average molecular weight is 801 g/mol. The summed E-state index contributed by atoms with van der Waals surface area (Å²) in [6.07, 6.45) is 6.30. The fourth-order valence-corrected chi connectivity index (χ4v) is 5.82. The maximum atomic E-state index is 14.4. The minimum Gasteiger partial charge on any atom is -0.478 e. The van der Waals surface area contributed by atoms with Gasteiger partial charge in [-0.15, -0.1) is 0 Å². The quantitative estimate of drug-likeness (QED) is 0.154. The standard InChI is InChI=1S/C20H22FNO2.C14H11FO2.C6H13NO.2O2S/c1-13-2-4-14(5-3-13)15-6-11-18(19(21)12-15)20(24)22-16-7-9-17(23)10-8-16;1-9-2-4-10(5-3-9)11-6-7-12(14(16)17)13(15)8-11;7-5-1-3-6(8)4-2-5;2*1-3-2/h2-6,11-12,16-17,23H,7-10H2,1H3,(H,22,24);2-8H,1H3,(H,16,17);5-6,8H,1-4,7H2;;. The Labute approximate surface area is 326 Å². The van der Waals surface area contributed by atoms with Crippen LogP contribution in [0.15, 0.2) is 84.9 Å². The van der Waals surface area contributed by atoms with Gasteiger partial charge in [-0.1, -0.05) is 71.8 Å². The van der Waals surface area contributed by atoms with Crippen LogP contribution < -0.4 is 11.1 Å². The molecule has 0 heterocycles. The second-order valence-corrected chi connectivity index (χ2v) is 13.4. The lowest BCUT2D eigenvalue weighted by Crippen LogP contribution is -2.38. The van der Waals surface area contributed by atoms with E-state index in [1.165, 1.54) is 24.3 Å². The van der Waals surface area contributed by atoms with E-state index in [-0.39, 0.29) is 35.3 Å². The second kappa shape index (κ2) is 24.6. The Bertz CT molecular complexity index is 1860. The number of nitrogens with two attached hydrogens (primary N) is 1. The molecule has 0 bridgehead atoms. The third-order valence-electron chi connectivity index (χ3n) is 8.96. The number of amides is 1. The van der Waals surface area contributed by atoms with Crippen LogP contribution >= 0.6 is 0 Å². The van der Waals surface area contributed by atoms with Crippen LogP contribution in [0.4, 0.5) is 8.78 Å². The van der Waals surface area contributed by atoms with Crippen molar-refractivity contribution in [1.29, 1.82) is 0 Å². The molecular formula is C40H46F2N2O9S2. The predicted octanol–water partition coefficient (Wildman–Crippen LogP) is 6.24. The topological polar surface area (TPSA) is 201 Å². The smallest absolute Gasteiger partial charge is 0.338 e. The average Bonchev–Trinajstić information content (AvgIpc) is 3.15. The molecule has 2 aliphatic rings. The number of hydrogen-bond donors (Lipinski definition) is 5. The molecule has 15 heteroatoms. The molecule has 2 aliphatic carbocycles. The van der Waals surface area contributed by atoms with Gasteiger partial charge in [-0.05, 0) is 112 Å². The first-order valence-corrected chi connectivity index (χ1v) is 18.8. The lowest BCUT2D eigenvalue weighted by Gasteiger charge is -2.26. The van der Waals surface area contributed by atoms with Crippen molar-refractivity contribution in [3.63, 3.8) is 0 Å². The van der Waals surface area contributed by atoms with Gasteiger partial charge in [-0.3, -0.25) is 4.79 Å². The van der Waals surface area contributed by atoms with Crippen LogP contribution in [-0.2, 0) is 23.1 Å².